The lowest BCUT2D eigenvalue weighted by atomic mass is 10.3. The van der Waals surface area contributed by atoms with Gasteiger partial charge in [-0.15, -0.1) is 12.4 Å². The van der Waals surface area contributed by atoms with Crippen LogP contribution >= 0.6 is 12.4 Å². The predicted molar refractivity (Wildman–Crippen MR) is 59.0 cm³/mol. The van der Waals surface area contributed by atoms with Crippen LogP contribution in [0.5, 0.6) is 0 Å². The summed E-state index contributed by atoms with van der Waals surface area (Å²) in [6.45, 7) is 2.76. The molecule has 7 nitrogen and oxygen atoms in total. The summed E-state index contributed by atoms with van der Waals surface area (Å²) >= 11 is 0. The van der Waals surface area contributed by atoms with Gasteiger partial charge in [0, 0.05) is 6.54 Å². The van der Waals surface area contributed by atoms with Crippen molar-refractivity contribution in [2.24, 2.45) is 16.5 Å². The first-order valence-corrected chi connectivity index (χ1v) is 3.77. The van der Waals surface area contributed by atoms with Gasteiger partial charge in [-0.25, -0.2) is 0 Å². The van der Waals surface area contributed by atoms with Gasteiger partial charge in [-0.05, 0) is 6.42 Å². The summed E-state index contributed by atoms with van der Waals surface area (Å²) in [6.07, 6.45) is 2.08. The lowest BCUT2D eigenvalue weighted by Crippen LogP contribution is -2.40. The molecule has 0 aliphatic heterocycles. The molecule has 0 bridgehead atoms. The maximum absolute atomic E-state index is 6.81. The fourth-order valence-corrected chi connectivity index (χ4v) is 0.535. The van der Waals surface area contributed by atoms with Gasteiger partial charge in [0.15, 0.2) is 11.9 Å². The molecule has 0 spiro atoms. The lowest BCUT2D eigenvalue weighted by Gasteiger charge is -2.00. The van der Waals surface area contributed by atoms with Crippen molar-refractivity contribution >= 4 is 24.3 Å². The average Bonchev–Trinajstić information content (AvgIpc) is 2.07. The van der Waals surface area contributed by atoms with Gasteiger partial charge in [-0.3, -0.25) is 26.2 Å². The molecule has 0 amide bonds. The van der Waals surface area contributed by atoms with Crippen molar-refractivity contribution in [3.05, 3.63) is 0 Å². The molecule has 0 heterocycles. The summed E-state index contributed by atoms with van der Waals surface area (Å²) in [7, 11) is 0. The molecule has 0 rings (SSSR count). The molecule has 0 radical (unpaired) electrons. The number of nitrogens with one attached hydrogen (secondary N) is 2. The van der Waals surface area contributed by atoms with Crippen molar-refractivity contribution < 1.29 is 10.5 Å². The number of nitrogens with two attached hydrogens (primary N) is 2. The van der Waals surface area contributed by atoms with Crippen LogP contribution in [0.2, 0.25) is 0 Å². The Kier molecular flexibility index (Phi) is 19.3. The number of rotatable bonds is 3. The van der Waals surface area contributed by atoms with E-state index in [9.17, 15) is 0 Å². The largest absolute Gasteiger partial charge is 0.370 e. The Hall–Kier alpha value is -1.05. The van der Waals surface area contributed by atoms with E-state index in [2.05, 4.69) is 17.2 Å². The normalized spacial score (nSPS) is 9.21. The zero-order valence-electron chi connectivity index (χ0n) is 8.03. The van der Waals surface area contributed by atoms with Crippen LogP contribution in [0.3, 0.4) is 0 Å². The number of unbranched alkanes of at least 4 members (excludes halogenated alkanes) is 1. The van der Waals surface area contributed by atoms with Gasteiger partial charge >= 0.3 is 0 Å². The van der Waals surface area contributed by atoms with Gasteiger partial charge in [0.05, 0.1) is 0 Å². The molecule has 8 heteroatoms. The molecular formula is C6H18ClN5O2. The number of guanidine groups is 2. The van der Waals surface area contributed by atoms with Crippen LogP contribution in [-0.2, 0) is 0 Å². The first-order chi connectivity index (χ1) is 6.16. The van der Waals surface area contributed by atoms with Crippen molar-refractivity contribution in [3.8, 4) is 0 Å². The first-order valence-electron chi connectivity index (χ1n) is 3.77. The molecule has 0 aromatic heterocycles. The predicted octanol–water partition coefficient (Wildman–Crippen LogP) is 0.0235. The van der Waals surface area contributed by atoms with Gasteiger partial charge in [0.1, 0.15) is 0 Å². The fraction of sp³-hybridized carbons (Fsp3) is 0.667. The maximum atomic E-state index is 6.81. The van der Waals surface area contributed by atoms with Gasteiger partial charge in [-0.2, -0.15) is 0 Å². The standard InChI is InChI=1S/C6H15N5.ClH.H2O2/c1-2-3-4-10-6(9)11-5(7)8;;1-2/h2-4H2,1H3,(H6,7,8,9,10,11);1H;1-2H. The van der Waals surface area contributed by atoms with Crippen LogP contribution < -0.4 is 16.8 Å². The average molecular weight is 228 g/mol. The van der Waals surface area contributed by atoms with Gasteiger partial charge in [-0.1, -0.05) is 13.3 Å². The Morgan fingerprint density at radius 3 is 2.29 bits per heavy atom. The summed E-state index contributed by atoms with van der Waals surface area (Å²) in [5.41, 5.74) is 10.3. The minimum atomic E-state index is -0.178. The molecule has 0 fully saturated rings. The highest BCUT2D eigenvalue weighted by Crippen LogP contribution is 1.85. The quantitative estimate of drug-likeness (QED) is 0.133. The number of hydrogen-bond acceptors (Lipinski definition) is 4. The number of aliphatic imine (C=N–C) groups is 1. The molecular weight excluding hydrogens is 210 g/mol. The summed E-state index contributed by atoms with van der Waals surface area (Å²) in [6, 6.07) is 0. The van der Waals surface area contributed by atoms with E-state index in [-0.39, 0.29) is 24.3 Å². The third kappa shape index (κ3) is 17.2. The van der Waals surface area contributed by atoms with Crippen LogP contribution in [0.25, 0.3) is 0 Å². The molecule has 0 saturated heterocycles. The van der Waals surface area contributed by atoms with Crippen molar-refractivity contribution in [3.63, 3.8) is 0 Å². The summed E-state index contributed by atoms with van der Waals surface area (Å²) < 4.78 is 0. The Bertz CT molecular complexity index is 164. The fourth-order valence-electron chi connectivity index (χ4n) is 0.535. The lowest BCUT2D eigenvalue weighted by molar-refractivity contribution is -0.176. The van der Waals surface area contributed by atoms with E-state index in [1.54, 1.807) is 0 Å². The molecule has 0 unspecified atom stereocenters. The minimum Gasteiger partial charge on any atom is -0.370 e. The molecule has 0 aliphatic carbocycles. The first kappa shape index (κ1) is 18.7. The van der Waals surface area contributed by atoms with E-state index in [0.29, 0.717) is 6.54 Å². The summed E-state index contributed by atoms with van der Waals surface area (Å²) in [5, 5.41) is 21.2. The monoisotopic (exact) mass is 227 g/mol. The topological polar surface area (TPSA) is 141 Å². The van der Waals surface area contributed by atoms with E-state index in [0.717, 1.165) is 12.8 Å². The van der Waals surface area contributed by atoms with Crippen molar-refractivity contribution in [1.82, 2.24) is 5.32 Å². The Labute approximate surface area is 89.1 Å². The zero-order chi connectivity index (χ0) is 10.7. The van der Waals surface area contributed by atoms with Crippen molar-refractivity contribution in [2.75, 3.05) is 6.54 Å². The highest BCUT2D eigenvalue weighted by Gasteiger charge is 1.90. The highest BCUT2D eigenvalue weighted by atomic mass is 35.5. The van der Waals surface area contributed by atoms with Crippen LogP contribution in [0, 0.1) is 5.41 Å². The van der Waals surface area contributed by atoms with E-state index >= 15 is 0 Å². The maximum Gasteiger partial charge on any atom is 0.195 e. The van der Waals surface area contributed by atoms with Crippen LogP contribution in [-0.4, -0.2) is 29.0 Å². The highest BCUT2D eigenvalue weighted by molar-refractivity contribution is 5.95. The van der Waals surface area contributed by atoms with Crippen molar-refractivity contribution in [1.29, 1.82) is 5.41 Å². The Balaban J connectivity index is -0.000000376. The van der Waals surface area contributed by atoms with E-state index < -0.39 is 0 Å². The van der Waals surface area contributed by atoms with E-state index in [1.807, 2.05) is 0 Å². The second-order valence-corrected chi connectivity index (χ2v) is 2.16. The van der Waals surface area contributed by atoms with Gasteiger partial charge in [0.2, 0.25) is 0 Å². The number of nitrogens with zero attached hydrogens (tertiary/aromatic N) is 1. The minimum absolute atomic E-state index is 0. The van der Waals surface area contributed by atoms with Crippen LogP contribution in [0.4, 0.5) is 0 Å². The SMILES string of the molecule is CCCCN=C(N)NC(=N)N.Cl.OO. The molecule has 86 valence electrons. The molecule has 14 heavy (non-hydrogen) atoms. The van der Waals surface area contributed by atoms with Gasteiger partial charge < -0.3 is 11.5 Å². The Morgan fingerprint density at radius 1 is 1.43 bits per heavy atom. The van der Waals surface area contributed by atoms with Crippen molar-refractivity contribution in [2.45, 2.75) is 19.8 Å². The van der Waals surface area contributed by atoms with E-state index in [4.69, 9.17) is 27.4 Å². The number of halogens is 1. The van der Waals surface area contributed by atoms with Gasteiger partial charge in [0.25, 0.3) is 0 Å². The second-order valence-electron chi connectivity index (χ2n) is 2.16. The molecule has 0 aromatic carbocycles. The molecule has 0 aromatic rings. The zero-order valence-corrected chi connectivity index (χ0v) is 8.84. The van der Waals surface area contributed by atoms with Crippen LogP contribution in [0.1, 0.15) is 19.8 Å². The Morgan fingerprint density at radius 2 is 1.93 bits per heavy atom. The second kappa shape index (κ2) is 14.5. The van der Waals surface area contributed by atoms with Crippen LogP contribution in [0.15, 0.2) is 4.99 Å². The summed E-state index contributed by atoms with van der Waals surface area (Å²) in [4.78, 5) is 3.92. The third-order valence-corrected chi connectivity index (χ3v) is 1.06. The molecule has 0 aliphatic rings. The third-order valence-electron chi connectivity index (χ3n) is 1.06. The molecule has 8 N–H and O–H groups in total. The van der Waals surface area contributed by atoms with E-state index in [1.165, 1.54) is 0 Å². The molecule has 0 atom stereocenters. The number of hydrogen-bond donors (Lipinski definition) is 6. The molecule has 0 saturated carbocycles. The smallest absolute Gasteiger partial charge is 0.195 e. The summed E-state index contributed by atoms with van der Waals surface area (Å²) in [5.74, 6) is 0.0358.